The highest BCUT2D eigenvalue weighted by Crippen LogP contribution is 2.30. The quantitative estimate of drug-likeness (QED) is 0.679. The van der Waals surface area contributed by atoms with Gasteiger partial charge in [0.25, 0.3) is 0 Å². The first-order valence-electron chi connectivity index (χ1n) is 8.68. The van der Waals surface area contributed by atoms with Gasteiger partial charge in [0.2, 0.25) is 5.91 Å². The van der Waals surface area contributed by atoms with Gasteiger partial charge in [-0.05, 0) is 30.4 Å². The Balaban J connectivity index is 1.52. The fourth-order valence-electron chi connectivity index (χ4n) is 3.29. The normalized spacial score (nSPS) is 20.4. The van der Waals surface area contributed by atoms with Gasteiger partial charge in [-0.25, -0.2) is 13.8 Å². The van der Waals surface area contributed by atoms with E-state index in [9.17, 15) is 13.6 Å². The van der Waals surface area contributed by atoms with E-state index in [1.807, 2.05) is 11.8 Å². The van der Waals surface area contributed by atoms with Crippen LogP contribution in [0.4, 0.5) is 8.78 Å². The summed E-state index contributed by atoms with van der Waals surface area (Å²) in [6, 6.07) is 2.90. The summed E-state index contributed by atoms with van der Waals surface area (Å²) >= 11 is 1.88. The van der Waals surface area contributed by atoms with E-state index in [4.69, 9.17) is 0 Å². The molecule has 1 amide bonds. The standard InChI is InChI=1S/C19H23F2N3OS/c1-13(10-23-11-17(12-23)26-2)3-4-19(25)24-18(5-6-22-24)14-7-15(20)9-16(21)8-14/h6-9,17-18H,1,3-5,10-12H2,2H3. The summed E-state index contributed by atoms with van der Waals surface area (Å²) in [6.45, 7) is 7.02. The van der Waals surface area contributed by atoms with Crippen molar-refractivity contribution in [3.05, 3.63) is 47.5 Å². The zero-order valence-corrected chi connectivity index (χ0v) is 15.6. The summed E-state index contributed by atoms with van der Waals surface area (Å²) in [5.41, 5.74) is 1.45. The monoisotopic (exact) mass is 379 g/mol. The number of likely N-dealkylation sites (tertiary alicyclic amines) is 1. The number of rotatable bonds is 7. The zero-order chi connectivity index (χ0) is 18.7. The van der Waals surface area contributed by atoms with Crippen LogP contribution in [0.3, 0.4) is 0 Å². The van der Waals surface area contributed by atoms with Crippen molar-refractivity contribution in [2.75, 3.05) is 25.9 Å². The second-order valence-electron chi connectivity index (χ2n) is 6.79. The fourth-order valence-corrected chi connectivity index (χ4v) is 4.01. The van der Waals surface area contributed by atoms with Crippen LogP contribution < -0.4 is 0 Å². The summed E-state index contributed by atoms with van der Waals surface area (Å²) in [4.78, 5) is 14.9. The SMILES string of the molecule is C=C(CCC(=O)N1N=CCC1c1cc(F)cc(F)c1)CN1CC(SC)C1. The third kappa shape index (κ3) is 4.51. The third-order valence-electron chi connectivity index (χ3n) is 4.75. The number of hydrogen-bond donors (Lipinski definition) is 0. The van der Waals surface area contributed by atoms with E-state index in [1.165, 1.54) is 17.1 Å². The average molecular weight is 379 g/mol. The van der Waals surface area contributed by atoms with Gasteiger partial charge in [0.1, 0.15) is 11.6 Å². The molecule has 0 aromatic heterocycles. The molecule has 2 aliphatic heterocycles. The molecule has 1 aromatic rings. The first-order valence-corrected chi connectivity index (χ1v) is 9.97. The van der Waals surface area contributed by atoms with Crippen molar-refractivity contribution < 1.29 is 13.6 Å². The van der Waals surface area contributed by atoms with E-state index in [0.29, 0.717) is 30.1 Å². The number of halogens is 2. The minimum atomic E-state index is -0.647. The number of carbonyl (C=O) groups is 1. The third-order valence-corrected chi connectivity index (χ3v) is 5.72. The van der Waals surface area contributed by atoms with Gasteiger partial charge in [0, 0.05) is 50.0 Å². The van der Waals surface area contributed by atoms with Gasteiger partial charge < -0.3 is 0 Å². The Morgan fingerprint density at radius 1 is 1.27 bits per heavy atom. The van der Waals surface area contributed by atoms with Crippen molar-refractivity contribution in [2.45, 2.75) is 30.6 Å². The highest BCUT2D eigenvalue weighted by atomic mass is 32.2. The molecule has 7 heteroatoms. The van der Waals surface area contributed by atoms with Crippen molar-refractivity contribution in [3.8, 4) is 0 Å². The molecule has 0 spiro atoms. The van der Waals surface area contributed by atoms with Gasteiger partial charge in [-0.15, -0.1) is 0 Å². The van der Waals surface area contributed by atoms with Crippen LogP contribution in [0.5, 0.6) is 0 Å². The molecule has 1 fully saturated rings. The largest absolute Gasteiger partial charge is 0.297 e. The molecule has 4 nitrogen and oxygen atoms in total. The lowest BCUT2D eigenvalue weighted by Gasteiger charge is -2.38. The van der Waals surface area contributed by atoms with Crippen molar-refractivity contribution in [2.24, 2.45) is 5.10 Å². The van der Waals surface area contributed by atoms with Crippen LogP contribution >= 0.6 is 11.8 Å². The molecule has 2 heterocycles. The van der Waals surface area contributed by atoms with Crippen LogP contribution in [0.1, 0.15) is 30.9 Å². The Kier molecular flexibility index (Phi) is 6.09. The van der Waals surface area contributed by atoms with E-state index in [2.05, 4.69) is 22.8 Å². The highest BCUT2D eigenvalue weighted by molar-refractivity contribution is 7.99. The highest BCUT2D eigenvalue weighted by Gasteiger charge is 2.29. The maximum Gasteiger partial charge on any atom is 0.243 e. The van der Waals surface area contributed by atoms with E-state index in [-0.39, 0.29) is 5.91 Å². The molecule has 2 aliphatic rings. The Morgan fingerprint density at radius 2 is 1.96 bits per heavy atom. The van der Waals surface area contributed by atoms with Crippen molar-refractivity contribution in [1.29, 1.82) is 0 Å². The van der Waals surface area contributed by atoms with Crippen LogP contribution in [-0.4, -0.2) is 53.2 Å². The molecule has 1 atom stereocenters. The number of amides is 1. The molecule has 0 saturated carbocycles. The molecular formula is C19H23F2N3OS. The summed E-state index contributed by atoms with van der Waals surface area (Å²) < 4.78 is 27.0. The summed E-state index contributed by atoms with van der Waals surface area (Å²) in [7, 11) is 0. The van der Waals surface area contributed by atoms with Crippen LogP contribution in [-0.2, 0) is 4.79 Å². The molecule has 1 unspecified atom stereocenters. The molecular weight excluding hydrogens is 356 g/mol. The first kappa shape index (κ1) is 19.0. The van der Waals surface area contributed by atoms with Gasteiger partial charge in [-0.1, -0.05) is 12.2 Å². The number of nitrogens with zero attached hydrogens (tertiary/aromatic N) is 3. The van der Waals surface area contributed by atoms with Gasteiger partial charge in [0.05, 0.1) is 6.04 Å². The van der Waals surface area contributed by atoms with E-state index in [1.54, 1.807) is 6.21 Å². The molecule has 26 heavy (non-hydrogen) atoms. The molecule has 0 radical (unpaired) electrons. The van der Waals surface area contributed by atoms with Crippen molar-refractivity contribution in [3.63, 3.8) is 0 Å². The molecule has 0 aliphatic carbocycles. The topological polar surface area (TPSA) is 35.9 Å². The van der Waals surface area contributed by atoms with Gasteiger partial charge in [-0.3, -0.25) is 9.69 Å². The molecule has 3 rings (SSSR count). The first-order chi connectivity index (χ1) is 12.5. The zero-order valence-electron chi connectivity index (χ0n) is 14.8. The molecule has 140 valence electrons. The smallest absolute Gasteiger partial charge is 0.243 e. The summed E-state index contributed by atoms with van der Waals surface area (Å²) in [6.07, 6.45) is 5.08. The molecule has 1 aromatic carbocycles. The molecule has 0 N–H and O–H groups in total. The minimum Gasteiger partial charge on any atom is -0.297 e. The maximum absolute atomic E-state index is 13.5. The Bertz CT molecular complexity index is 698. The number of benzene rings is 1. The van der Waals surface area contributed by atoms with Crippen LogP contribution in [0.2, 0.25) is 0 Å². The van der Waals surface area contributed by atoms with E-state index >= 15 is 0 Å². The summed E-state index contributed by atoms with van der Waals surface area (Å²) in [5.74, 6) is -1.45. The number of thioether (sulfide) groups is 1. The van der Waals surface area contributed by atoms with Gasteiger partial charge in [-0.2, -0.15) is 16.9 Å². The maximum atomic E-state index is 13.5. The average Bonchev–Trinajstić information content (AvgIpc) is 3.04. The number of carbonyl (C=O) groups excluding carboxylic acids is 1. The van der Waals surface area contributed by atoms with Crippen LogP contribution in [0.25, 0.3) is 0 Å². The Morgan fingerprint density at radius 3 is 2.62 bits per heavy atom. The van der Waals surface area contributed by atoms with E-state index in [0.717, 1.165) is 31.3 Å². The summed E-state index contributed by atoms with van der Waals surface area (Å²) in [5, 5.41) is 6.16. The second-order valence-corrected chi connectivity index (χ2v) is 7.93. The Labute approximate surface area is 156 Å². The minimum absolute atomic E-state index is 0.153. The van der Waals surface area contributed by atoms with Gasteiger partial charge >= 0.3 is 0 Å². The van der Waals surface area contributed by atoms with Crippen molar-refractivity contribution >= 4 is 23.9 Å². The predicted molar refractivity (Wildman–Crippen MR) is 101 cm³/mol. The van der Waals surface area contributed by atoms with Gasteiger partial charge in [0.15, 0.2) is 0 Å². The van der Waals surface area contributed by atoms with E-state index < -0.39 is 17.7 Å². The lowest BCUT2D eigenvalue weighted by Crippen LogP contribution is -2.49. The van der Waals surface area contributed by atoms with Crippen molar-refractivity contribution in [1.82, 2.24) is 9.91 Å². The Hall–Kier alpha value is -1.73. The second kappa shape index (κ2) is 8.31. The lowest BCUT2D eigenvalue weighted by molar-refractivity contribution is -0.133. The molecule has 0 bridgehead atoms. The predicted octanol–water partition coefficient (Wildman–Crippen LogP) is 3.61. The van der Waals surface area contributed by atoms with Crippen LogP contribution in [0, 0.1) is 11.6 Å². The molecule has 1 saturated heterocycles. The number of hydrogen-bond acceptors (Lipinski definition) is 4. The fraction of sp³-hybridized carbons (Fsp3) is 0.474. The van der Waals surface area contributed by atoms with Crippen LogP contribution in [0.15, 0.2) is 35.5 Å². The lowest BCUT2D eigenvalue weighted by atomic mass is 10.0. The number of hydrazone groups is 1.